The van der Waals surface area contributed by atoms with E-state index in [2.05, 4.69) is 10.6 Å². The summed E-state index contributed by atoms with van der Waals surface area (Å²) in [5.41, 5.74) is 5.42. The summed E-state index contributed by atoms with van der Waals surface area (Å²) < 4.78 is 4.69. The van der Waals surface area contributed by atoms with Crippen molar-refractivity contribution < 1.29 is 14.3 Å². The van der Waals surface area contributed by atoms with Crippen LogP contribution < -0.4 is 16.4 Å². The fourth-order valence-corrected chi connectivity index (χ4v) is 0.813. The number of nitrogens with two attached hydrogens (primary N) is 1. The quantitative estimate of drug-likeness (QED) is 0.475. The van der Waals surface area contributed by atoms with Crippen LogP contribution in [0.5, 0.6) is 0 Å². The van der Waals surface area contributed by atoms with Gasteiger partial charge >= 0.3 is 0 Å². The maximum absolute atomic E-state index is 11.1. The molecule has 82 valence electrons. The Labute approximate surface area is 83.2 Å². The standard InChI is InChI=1S/C8H17N3O3/c1-3-10-7(12)4-11-8(13)6(9)5-14-2/h6H,3-5,9H2,1-2H3,(H,10,12)(H,11,13). The number of amides is 2. The van der Waals surface area contributed by atoms with Gasteiger partial charge in [-0.15, -0.1) is 0 Å². The van der Waals surface area contributed by atoms with Crippen molar-refractivity contribution >= 4 is 11.8 Å². The summed E-state index contributed by atoms with van der Waals surface area (Å²) in [5.74, 6) is -0.622. The fourth-order valence-electron chi connectivity index (χ4n) is 0.813. The van der Waals surface area contributed by atoms with E-state index in [0.29, 0.717) is 6.54 Å². The highest BCUT2D eigenvalue weighted by atomic mass is 16.5. The first-order valence-corrected chi connectivity index (χ1v) is 4.40. The van der Waals surface area contributed by atoms with Crippen molar-refractivity contribution in [2.45, 2.75) is 13.0 Å². The van der Waals surface area contributed by atoms with Gasteiger partial charge < -0.3 is 21.1 Å². The molecule has 0 aromatic carbocycles. The van der Waals surface area contributed by atoms with Crippen molar-refractivity contribution in [3.63, 3.8) is 0 Å². The number of hydrogen-bond donors (Lipinski definition) is 3. The van der Waals surface area contributed by atoms with Gasteiger partial charge in [0.1, 0.15) is 6.04 Å². The fraction of sp³-hybridized carbons (Fsp3) is 0.750. The van der Waals surface area contributed by atoms with Crippen LogP contribution >= 0.6 is 0 Å². The van der Waals surface area contributed by atoms with Crippen molar-refractivity contribution in [2.75, 3.05) is 26.8 Å². The first kappa shape index (κ1) is 12.9. The molecule has 0 aromatic rings. The van der Waals surface area contributed by atoms with Crippen LogP contribution in [0.2, 0.25) is 0 Å². The van der Waals surface area contributed by atoms with Crippen molar-refractivity contribution in [1.29, 1.82) is 0 Å². The SMILES string of the molecule is CCNC(=O)CNC(=O)C(N)COC. The van der Waals surface area contributed by atoms with Crippen LogP contribution in [0.3, 0.4) is 0 Å². The Morgan fingerprint density at radius 2 is 2.07 bits per heavy atom. The Morgan fingerprint density at radius 1 is 1.43 bits per heavy atom. The van der Waals surface area contributed by atoms with E-state index < -0.39 is 11.9 Å². The van der Waals surface area contributed by atoms with Gasteiger partial charge in [0.05, 0.1) is 13.2 Å². The Bertz CT molecular complexity index is 196. The monoisotopic (exact) mass is 203 g/mol. The van der Waals surface area contributed by atoms with Gasteiger partial charge in [-0.05, 0) is 6.92 Å². The topological polar surface area (TPSA) is 93.5 Å². The molecular formula is C8H17N3O3. The molecule has 0 radical (unpaired) electrons. The maximum atomic E-state index is 11.1. The molecule has 0 spiro atoms. The first-order chi connectivity index (χ1) is 6.61. The van der Waals surface area contributed by atoms with Crippen molar-refractivity contribution in [3.05, 3.63) is 0 Å². The van der Waals surface area contributed by atoms with E-state index in [1.807, 2.05) is 0 Å². The number of methoxy groups -OCH3 is 1. The van der Waals surface area contributed by atoms with Gasteiger partial charge in [0.2, 0.25) is 11.8 Å². The van der Waals surface area contributed by atoms with E-state index in [9.17, 15) is 9.59 Å². The van der Waals surface area contributed by atoms with E-state index >= 15 is 0 Å². The molecule has 4 N–H and O–H groups in total. The minimum Gasteiger partial charge on any atom is -0.383 e. The highest BCUT2D eigenvalue weighted by Crippen LogP contribution is 1.79. The van der Waals surface area contributed by atoms with E-state index in [4.69, 9.17) is 10.5 Å². The van der Waals surface area contributed by atoms with E-state index in [-0.39, 0.29) is 19.1 Å². The summed E-state index contributed by atoms with van der Waals surface area (Å²) in [6, 6.07) is -0.727. The highest BCUT2D eigenvalue weighted by Gasteiger charge is 2.13. The van der Waals surface area contributed by atoms with Crippen LogP contribution in [0.1, 0.15) is 6.92 Å². The minimum absolute atomic E-state index is 0.0515. The molecule has 0 aliphatic heterocycles. The Kier molecular flexibility index (Phi) is 6.69. The molecule has 6 nitrogen and oxygen atoms in total. The zero-order valence-corrected chi connectivity index (χ0v) is 8.50. The van der Waals surface area contributed by atoms with Gasteiger partial charge in [-0.25, -0.2) is 0 Å². The van der Waals surface area contributed by atoms with Crippen LogP contribution in [0, 0.1) is 0 Å². The molecule has 1 unspecified atom stereocenters. The lowest BCUT2D eigenvalue weighted by atomic mass is 10.3. The van der Waals surface area contributed by atoms with Crippen molar-refractivity contribution in [3.8, 4) is 0 Å². The lowest BCUT2D eigenvalue weighted by molar-refractivity contribution is -0.127. The molecule has 0 aliphatic carbocycles. The second-order valence-electron chi connectivity index (χ2n) is 2.73. The van der Waals surface area contributed by atoms with Gasteiger partial charge in [0.15, 0.2) is 0 Å². The van der Waals surface area contributed by atoms with Gasteiger partial charge in [0, 0.05) is 13.7 Å². The summed E-state index contributed by atoms with van der Waals surface area (Å²) in [4.78, 5) is 22.1. The Hall–Kier alpha value is -1.14. The Balaban J connectivity index is 3.67. The summed E-state index contributed by atoms with van der Waals surface area (Å²) in [7, 11) is 1.46. The molecule has 2 amide bonds. The smallest absolute Gasteiger partial charge is 0.239 e. The zero-order chi connectivity index (χ0) is 11.0. The highest BCUT2D eigenvalue weighted by molar-refractivity contribution is 5.87. The second kappa shape index (κ2) is 7.28. The number of rotatable bonds is 6. The lowest BCUT2D eigenvalue weighted by Crippen LogP contribution is -2.46. The molecule has 0 bridgehead atoms. The van der Waals surface area contributed by atoms with E-state index in [0.717, 1.165) is 0 Å². The summed E-state index contributed by atoms with van der Waals surface area (Å²) in [6.07, 6.45) is 0. The Morgan fingerprint density at radius 3 is 2.57 bits per heavy atom. The number of ether oxygens (including phenoxy) is 1. The van der Waals surface area contributed by atoms with Crippen molar-refractivity contribution in [1.82, 2.24) is 10.6 Å². The molecule has 1 atom stereocenters. The van der Waals surface area contributed by atoms with Gasteiger partial charge in [-0.1, -0.05) is 0 Å². The van der Waals surface area contributed by atoms with E-state index in [1.54, 1.807) is 6.92 Å². The van der Waals surface area contributed by atoms with Crippen molar-refractivity contribution in [2.24, 2.45) is 5.73 Å². The largest absolute Gasteiger partial charge is 0.383 e. The molecule has 6 heteroatoms. The predicted octanol–water partition coefficient (Wildman–Crippen LogP) is -1.79. The molecule has 0 saturated heterocycles. The molecule has 0 heterocycles. The molecule has 0 fully saturated rings. The van der Waals surface area contributed by atoms with Crippen LogP contribution in [-0.2, 0) is 14.3 Å². The summed E-state index contributed by atoms with van der Waals surface area (Å²) in [6.45, 7) is 2.43. The molecule has 0 aromatic heterocycles. The molecule has 0 aliphatic rings. The van der Waals surface area contributed by atoms with Gasteiger partial charge in [-0.2, -0.15) is 0 Å². The third-order valence-corrected chi connectivity index (χ3v) is 1.48. The minimum atomic E-state index is -0.727. The summed E-state index contributed by atoms with van der Waals surface area (Å²) in [5, 5.41) is 4.94. The molecule has 14 heavy (non-hydrogen) atoms. The first-order valence-electron chi connectivity index (χ1n) is 4.40. The van der Waals surface area contributed by atoms with E-state index in [1.165, 1.54) is 7.11 Å². The van der Waals surface area contributed by atoms with Gasteiger partial charge in [-0.3, -0.25) is 9.59 Å². The predicted molar refractivity (Wildman–Crippen MR) is 51.5 cm³/mol. The normalized spacial score (nSPS) is 11.9. The lowest BCUT2D eigenvalue weighted by Gasteiger charge is -2.10. The average molecular weight is 203 g/mol. The number of carbonyl (C=O) groups is 2. The zero-order valence-electron chi connectivity index (χ0n) is 8.50. The molecule has 0 rings (SSSR count). The maximum Gasteiger partial charge on any atom is 0.239 e. The number of carbonyl (C=O) groups excluding carboxylic acids is 2. The third kappa shape index (κ3) is 5.50. The van der Waals surface area contributed by atoms with Crippen LogP contribution in [-0.4, -0.2) is 44.7 Å². The number of hydrogen-bond acceptors (Lipinski definition) is 4. The number of likely N-dealkylation sites (N-methyl/N-ethyl adjacent to an activating group) is 1. The van der Waals surface area contributed by atoms with Crippen LogP contribution in [0.15, 0.2) is 0 Å². The summed E-state index contributed by atoms with van der Waals surface area (Å²) >= 11 is 0. The third-order valence-electron chi connectivity index (χ3n) is 1.48. The molecular weight excluding hydrogens is 186 g/mol. The van der Waals surface area contributed by atoms with Crippen LogP contribution in [0.25, 0.3) is 0 Å². The number of nitrogens with one attached hydrogen (secondary N) is 2. The molecule has 0 saturated carbocycles. The van der Waals surface area contributed by atoms with Crippen LogP contribution in [0.4, 0.5) is 0 Å². The average Bonchev–Trinajstić information content (AvgIpc) is 2.15. The van der Waals surface area contributed by atoms with Gasteiger partial charge in [0.25, 0.3) is 0 Å². The second-order valence-corrected chi connectivity index (χ2v) is 2.73.